The van der Waals surface area contributed by atoms with Gasteiger partial charge in [0.2, 0.25) is 11.8 Å². The van der Waals surface area contributed by atoms with Gasteiger partial charge < -0.3 is 15.0 Å². The molecule has 11 heteroatoms. The number of amides is 4. The highest BCUT2D eigenvalue weighted by Gasteiger charge is 2.27. The van der Waals surface area contributed by atoms with Crippen LogP contribution < -0.4 is 15.4 Å². The van der Waals surface area contributed by atoms with Crippen molar-refractivity contribution in [1.82, 2.24) is 30.3 Å². The third kappa shape index (κ3) is 5.21. The molecule has 2 aromatic rings. The molecule has 0 saturated carbocycles. The summed E-state index contributed by atoms with van der Waals surface area (Å²) in [7, 11) is 1.60. The van der Waals surface area contributed by atoms with Crippen LogP contribution in [0, 0.1) is 0 Å². The van der Waals surface area contributed by atoms with Crippen LogP contribution in [0.1, 0.15) is 31.5 Å². The van der Waals surface area contributed by atoms with Crippen LogP contribution in [0.25, 0.3) is 5.69 Å². The van der Waals surface area contributed by atoms with Crippen LogP contribution in [0.15, 0.2) is 29.4 Å². The standard InChI is InChI=1S/C21H26N6O4S/c1-31-16-7-5-15(6-8-16)27-17(11-14-12-18(28)23-20(30)22-14)24-25-21(27)32-13-19(29)26-9-3-2-4-10-26/h5-8,14H,2-4,9-13H2,1H3,(H2,22,23,28,30). The number of ether oxygens (including phenoxy) is 1. The Morgan fingerprint density at radius 3 is 2.59 bits per heavy atom. The third-order valence-corrected chi connectivity index (χ3v) is 6.43. The molecule has 1 aromatic carbocycles. The molecule has 1 atom stereocenters. The van der Waals surface area contributed by atoms with Crippen molar-refractivity contribution in [3.8, 4) is 11.4 Å². The van der Waals surface area contributed by atoms with Gasteiger partial charge in [-0.05, 0) is 43.5 Å². The molecule has 4 amide bonds. The number of methoxy groups -OCH3 is 1. The second-order valence-corrected chi connectivity index (χ2v) is 8.73. The van der Waals surface area contributed by atoms with Gasteiger partial charge in [-0.1, -0.05) is 11.8 Å². The van der Waals surface area contributed by atoms with Gasteiger partial charge >= 0.3 is 6.03 Å². The van der Waals surface area contributed by atoms with Crippen LogP contribution in [-0.4, -0.2) is 69.5 Å². The molecule has 0 bridgehead atoms. The predicted octanol–water partition coefficient (Wildman–Crippen LogP) is 1.52. The third-order valence-electron chi connectivity index (χ3n) is 5.51. The summed E-state index contributed by atoms with van der Waals surface area (Å²) in [6, 6.07) is 6.54. The maximum Gasteiger partial charge on any atom is 0.321 e. The van der Waals surface area contributed by atoms with Crippen LogP contribution in [0.4, 0.5) is 4.79 Å². The van der Waals surface area contributed by atoms with Crippen molar-refractivity contribution >= 4 is 29.6 Å². The number of imide groups is 1. The normalized spacial score (nSPS) is 18.8. The molecule has 170 valence electrons. The number of piperidine rings is 1. The monoisotopic (exact) mass is 458 g/mol. The average Bonchev–Trinajstić information content (AvgIpc) is 3.19. The van der Waals surface area contributed by atoms with Gasteiger partial charge in [0.25, 0.3) is 0 Å². The maximum atomic E-state index is 12.6. The van der Waals surface area contributed by atoms with Crippen molar-refractivity contribution in [3.63, 3.8) is 0 Å². The summed E-state index contributed by atoms with van der Waals surface area (Å²) in [6.07, 6.45) is 3.75. The Kier molecular flexibility index (Phi) is 6.93. The molecule has 32 heavy (non-hydrogen) atoms. The molecule has 10 nitrogen and oxygen atoms in total. The first kappa shape index (κ1) is 22.1. The molecule has 0 aliphatic carbocycles. The van der Waals surface area contributed by atoms with E-state index >= 15 is 0 Å². The van der Waals surface area contributed by atoms with E-state index in [1.165, 1.54) is 18.2 Å². The van der Waals surface area contributed by atoms with Gasteiger partial charge in [-0.25, -0.2) is 4.79 Å². The summed E-state index contributed by atoms with van der Waals surface area (Å²) in [6.45, 7) is 1.61. The topological polar surface area (TPSA) is 118 Å². The highest BCUT2D eigenvalue weighted by atomic mass is 32.2. The number of thioether (sulfide) groups is 1. The molecule has 2 fully saturated rings. The minimum Gasteiger partial charge on any atom is -0.497 e. The number of aromatic nitrogens is 3. The number of likely N-dealkylation sites (tertiary alicyclic amines) is 1. The van der Waals surface area contributed by atoms with Gasteiger partial charge in [-0.3, -0.25) is 19.5 Å². The van der Waals surface area contributed by atoms with E-state index in [9.17, 15) is 14.4 Å². The number of rotatable bonds is 7. The minimum atomic E-state index is -0.511. The largest absolute Gasteiger partial charge is 0.497 e. The zero-order chi connectivity index (χ0) is 22.5. The summed E-state index contributed by atoms with van der Waals surface area (Å²) in [5.74, 6) is 1.36. The Hall–Kier alpha value is -3.08. The van der Waals surface area contributed by atoms with Crippen molar-refractivity contribution in [2.75, 3.05) is 26.0 Å². The van der Waals surface area contributed by atoms with E-state index in [2.05, 4.69) is 20.8 Å². The second-order valence-electron chi connectivity index (χ2n) is 7.79. The lowest BCUT2D eigenvalue weighted by molar-refractivity contribution is -0.129. The molecule has 2 aliphatic rings. The van der Waals surface area contributed by atoms with E-state index in [0.29, 0.717) is 23.2 Å². The zero-order valence-corrected chi connectivity index (χ0v) is 18.7. The summed E-state index contributed by atoms with van der Waals surface area (Å²) in [5, 5.41) is 14.2. The summed E-state index contributed by atoms with van der Waals surface area (Å²) in [5.41, 5.74) is 0.810. The molecule has 1 unspecified atom stereocenters. The molecular formula is C21H26N6O4S. The smallest absolute Gasteiger partial charge is 0.321 e. The molecule has 2 saturated heterocycles. The number of nitrogens with one attached hydrogen (secondary N) is 2. The van der Waals surface area contributed by atoms with Gasteiger partial charge in [0, 0.05) is 37.7 Å². The van der Waals surface area contributed by atoms with E-state index in [0.717, 1.165) is 31.6 Å². The lowest BCUT2D eigenvalue weighted by atomic mass is 10.1. The Morgan fingerprint density at radius 1 is 1.16 bits per heavy atom. The van der Waals surface area contributed by atoms with Crippen LogP contribution in [0.2, 0.25) is 0 Å². The van der Waals surface area contributed by atoms with Crippen LogP contribution >= 0.6 is 11.8 Å². The van der Waals surface area contributed by atoms with Crippen molar-refractivity contribution in [2.24, 2.45) is 0 Å². The van der Waals surface area contributed by atoms with E-state index in [-0.39, 0.29) is 30.0 Å². The molecule has 0 radical (unpaired) electrons. The zero-order valence-electron chi connectivity index (χ0n) is 17.9. The molecule has 1 aromatic heterocycles. The molecule has 4 rings (SSSR count). The van der Waals surface area contributed by atoms with E-state index in [1.807, 2.05) is 33.7 Å². The van der Waals surface area contributed by atoms with Gasteiger partial charge in [-0.2, -0.15) is 0 Å². The Labute approximate surface area is 190 Å². The average molecular weight is 459 g/mol. The Bertz CT molecular complexity index is 971. The molecule has 2 aliphatic heterocycles. The number of nitrogens with zero attached hydrogens (tertiary/aromatic N) is 4. The second kappa shape index (κ2) is 10.0. The minimum absolute atomic E-state index is 0.0942. The van der Waals surface area contributed by atoms with Crippen LogP contribution in [0.5, 0.6) is 5.75 Å². The number of carbonyl (C=O) groups is 3. The van der Waals surface area contributed by atoms with Crippen molar-refractivity contribution in [1.29, 1.82) is 0 Å². The van der Waals surface area contributed by atoms with E-state index in [1.54, 1.807) is 7.11 Å². The fourth-order valence-electron chi connectivity index (χ4n) is 3.90. The summed E-state index contributed by atoms with van der Waals surface area (Å²) >= 11 is 1.34. The Morgan fingerprint density at radius 2 is 1.91 bits per heavy atom. The SMILES string of the molecule is COc1ccc(-n2c(CC3CC(=O)NC(=O)N3)nnc2SCC(=O)N2CCCCC2)cc1. The number of hydrogen-bond acceptors (Lipinski definition) is 7. The van der Waals surface area contributed by atoms with Gasteiger partial charge in [-0.15, -0.1) is 10.2 Å². The fraction of sp³-hybridized carbons (Fsp3) is 0.476. The molecule has 3 heterocycles. The first-order valence-corrected chi connectivity index (χ1v) is 11.6. The molecular weight excluding hydrogens is 432 g/mol. The first-order valence-electron chi connectivity index (χ1n) is 10.6. The molecule has 0 spiro atoms. The lowest BCUT2D eigenvalue weighted by Crippen LogP contribution is -2.53. The maximum absolute atomic E-state index is 12.6. The predicted molar refractivity (Wildman–Crippen MR) is 118 cm³/mol. The highest BCUT2D eigenvalue weighted by molar-refractivity contribution is 7.99. The lowest BCUT2D eigenvalue weighted by Gasteiger charge is -2.26. The van der Waals surface area contributed by atoms with Gasteiger partial charge in [0.15, 0.2) is 5.16 Å². The van der Waals surface area contributed by atoms with Gasteiger partial charge in [0.1, 0.15) is 11.6 Å². The quantitative estimate of drug-likeness (QED) is 0.604. The van der Waals surface area contributed by atoms with E-state index in [4.69, 9.17) is 4.74 Å². The number of hydrogen-bond donors (Lipinski definition) is 2. The van der Waals surface area contributed by atoms with E-state index < -0.39 is 6.03 Å². The van der Waals surface area contributed by atoms with Crippen LogP contribution in [-0.2, 0) is 16.0 Å². The van der Waals surface area contributed by atoms with Crippen molar-refractivity contribution < 1.29 is 19.1 Å². The number of carbonyl (C=O) groups excluding carboxylic acids is 3. The number of urea groups is 1. The molecule has 2 N–H and O–H groups in total. The van der Waals surface area contributed by atoms with Crippen molar-refractivity contribution in [2.45, 2.75) is 43.3 Å². The summed E-state index contributed by atoms with van der Waals surface area (Å²) in [4.78, 5) is 38.0. The fourth-order valence-corrected chi connectivity index (χ4v) is 4.77. The first-order chi connectivity index (χ1) is 15.5. The Balaban J connectivity index is 1.55. The van der Waals surface area contributed by atoms with Crippen LogP contribution in [0.3, 0.4) is 0 Å². The summed E-state index contributed by atoms with van der Waals surface area (Å²) < 4.78 is 7.12. The number of benzene rings is 1. The van der Waals surface area contributed by atoms with Gasteiger partial charge in [0.05, 0.1) is 12.9 Å². The highest BCUT2D eigenvalue weighted by Crippen LogP contribution is 2.25. The van der Waals surface area contributed by atoms with Crippen molar-refractivity contribution in [3.05, 3.63) is 30.1 Å².